The predicted molar refractivity (Wildman–Crippen MR) is 120 cm³/mol. The third-order valence-corrected chi connectivity index (χ3v) is 5.19. The highest BCUT2D eigenvalue weighted by atomic mass is 16.5. The minimum atomic E-state index is -0.531. The molecule has 0 unspecified atom stereocenters. The van der Waals surface area contributed by atoms with E-state index in [-0.39, 0.29) is 6.10 Å². The zero-order valence-electron chi connectivity index (χ0n) is 17.7. The van der Waals surface area contributed by atoms with Crippen molar-refractivity contribution in [3.05, 3.63) is 65.7 Å². The number of amides is 1. The van der Waals surface area contributed by atoms with Crippen molar-refractivity contribution in [3.63, 3.8) is 0 Å². The van der Waals surface area contributed by atoms with Gasteiger partial charge in [0.25, 0.3) is 5.91 Å². The molecule has 1 amide bonds. The molecule has 2 aromatic carbocycles. The van der Waals surface area contributed by atoms with Crippen molar-refractivity contribution in [1.82, 2.24) is 10.8 Å². The number of ether oxygens (including phenoxy) is 1. The van der Waals surface area contributed by atoms with Gasteiger partial charge in [-0.15, -0.1) is 0 Å². The number of carbonyl (C=O) groups is 1. The summed E-state index contributed by atoms with van der Waals surface area (Å²) >= 11 is 0. The lowest BCUT2D eigenvalue weighted by molar-refractivity contribution is -0.124. The van der Waals surface area contributed by atoms with E-state index in [0.717, 1.165) is 49.5 Å². The third-order valence-electron chi connectivity index (χ3n) is 5.19. The Balaban J connectivity index is 1.51. The normalized spacial score (nSPS) is 15.0. The Labute approximate surface area is 178 Å². The number of hydrogen-bond acceptors (Lipinski definition) is 5. The van der Waals surface area contributed by atoms with E-state index in [1.165, 1.54) is 11.6 Å². The number of hydroxylamine groups is 1. The Kier molecular flexibility index (Phi) is 7.88. The summed E-state index contributed by atoms with van der Waals surface area (Å²) in [7, 11) is 0. The third kappa shape index (κ3) is 6.34. The number of anilines is 1. The van der Waals surface area contributed by atoms with Crippen LogP contribution in [0.4, 0.5) is 5.69 Å². The summed E-state index contributed by atoms with van der Waals surface area (Å²) in [4.78, 5) is 13.6. The van der Waals surface area contributed by atoms with Gasteiger partial charge in [0.05, 0.1) is 6.10 Å². The maximum atomic E-state index is 11.3. The number of para-hydroxylation sites is 1. The van der Waals surface area contributed by atoms with Gasteiger partial charge in [-0.2, -0.15) is 0 Å². The van der Waals surface area contributed by atoms with Crippen LogP contribution in [-0.4, -0.2) is 36.3 Å². The fourth-order valence-corrected chi connectivity index (χ4v) is 3.66. The molecule has 6 heteroatoms. The van der Waals surface area contributed by atoms with Crippen LogP contribution < -0.4 is 20.4 Å². The maximum Gasteiger partial charge on any atom is 0.267 e. The van der Waals surface area contributed by atoms with Crippen LogP contribution in [0.15, 0.2) is 54.6 Å². The molecule has 1 heterocycles. The van der Waals surface area contributed by atoms with E-state index >= 15 is 0 Å². The second-order valence-electron chi connectivity index (χ2n) is 7.82. The van der Waals surface area contributed by atoms with Crippen LogP contribution in [0.5, 0.6) is 5.75 Å². The summed E-state index contributed by atoms with van der Waals surface area (Å²) in [6.07, 6.45) is 5.38. The summed E-state index contributed by atoms with van der Waals surface area (Å²) in [6.45, 7) is 6.82. The molecule has 30 heavy (non-hydrogen) atoms. The van der Waals surface area contributed by atoms with Crippen molar-refractivity contribution < 1.29 is 14.7 Å². The minimum absolute atomic E-state index is 0.187. The largest absolute Gasteiger partial charge is 0.491 e. The van der Waals surface area contributed by atoms with Crippen molar-refractivity contribution in [2.45, 2.75) is 45.4 Å². The van der Waals surface area contributed by atoms with E-state index in [0.29, 0.717) is 6.04 Å². The lowest BCUT2D eigenvalue weighted by Crippen LogP contribution is -2.42. The van der Waals surface area contributed by atoms with Crippen LogP contribution in [0.2, 0.25) is 0 Å². The Morgan fingerprint density at radius 2 is 1.87 bits per heavy atom. The molecule has 1 aliphatic rings. The molecule has 3 N–H and O–H groups in total. The molecule has 160 valence electrons. The first-order valence-corrected chi connectivity index (χ1v) is 10.5. The molecular formula is C24H31N3O3. The average Bonchev–Trinajstić information content (AvgIpc) is 2.77. The van der Waals surface area contributed by atoms with Gasteiger partial charge in [0.1, 0.15) is 5.75 Å². The van der Waals surface area contributed by atoms with E-state index in [1.54, 1.807) is 11.6 Å². The second kappa shape index (κ2) is 10.8. The van der Waals surface area contributed by atoms with Gasteiger partial charge in [0.15, 0.2) is 0 Å². The molecule has 0 radical (unpaired) electrons. The first-order valence-electron chi connectivity index (χ1n) is 10.5. The van der Waals surface area contributed by atoms with E-state index in [4.69, 9.17) is 9.94 Å². The molecule has 6 nitrogen and oxygen atoms in total. The molecule has 1 saturated heterocycles. The second-order valence-corrected chi connectivity index (χ2v) is 7.82. The highest BCUT2D eigenvalue weighted by Gasteiger charge is 2.20. The van der Waals surface area contributed by atoms with Crippen LogP contribution in [0.1, 0.15) is 37.8 Å². The van der Waals surface area contributed by atoms with E-state index in [1.807, 2.05) is 44.2 Å². The summed E-state index contributed by atoms with van der Waals surface area (Å²) in [5.41, 5.74) is 4.96. The van der Waals surface area contributed by atoms with Crippen LogP contribution in [0, 0.1) is 0 Å². The zero-order valence-corrected chi connectivity index (χ0v) is 17.7. The number of rotatable bonds is 8. The topological polar surface area (TPSA) is 73.8 Å². The molecule has 0 bridgehead atoms. The Morgan fingerprint density at radius 3 is 2.53 bits per heavy atom. The Bertz CT molecular complexity index is 841. The van der Waals surface area contributed by atoms with Crippen molar-refractivity contribution >= 4 is 17.7 Å². The van der Waals surface area contributed by atoms with E-state index < -0.39 is 5.91 Å². The first-order chi connectivity index (χ1) is 14.5. The molecule has 1 aliphatic heterocycles. The molecule has 1 fully saturated rings. The number of piperidine rings is 1. The van der Waals surface area contributed by atoms with Gasteiger partial charge in [0, 0.05) is 37.4 Å². The van der Waals surface area contributed by atoms with Gasteiger partial charge in [-0.1, -0.05) is 30.3 Å². The summed E-state index contributed by atoms with van der Waals surface area (Å²) in [5.74, 6) is 0.378. The molecule has 0 aliphatic carbocycles. The quantitative estimate of drug-likeness (QED) is 0.352. The summed E-state index contributed by atoms with van der Waals surface area (Å²) < 4.78 is 5.70. The predicted octanol–water partition coefficient (Wildman–Crippen LogP) is 3.75. The minimum Gasteiger partial charge on any atom is -0.491 e. The standard InChI is InChI=1S/C24H31N3O3/c1-18(2)30-22-10-7-19(8-11-22)17-25-21-13-15-27(16-14-21)23-6-4-3-5-20(23)9-12-24(28)26-29/h3-12,18,21,25,29H,13-17H2,1-2H3,(H,26,28). The smallest absolute Gasteiger partial charge is 0.267 e. The Morgan fingerprint density at radius 1 is 1.17 bits per heavy atom. The van der Waals surface area contributed by atoms with Crippen LogP contribution in [0.3, 0.4) is 0 Å². The van der Waals surface area contributed by atoms with Crippen LogP contribution >= 0.6 is 0 Å². The van der Waals surface area contributed by atoms with Gasteiger partial charge in [0.2, 0.25) is 0 Å². The highest BCUT2D eigenvalue weighted by molar-refractivity contribution is 5.91. The maximum absolute atomic E-state index is 11.3. The van der Waals surface area contributed by atoms with Crippen LogP contribution in [-0.2, 0) is 11.3 Å². The number of hydrogen-bond donors (Lipinski definition) is 3. The molecule has 3 rings (SSSR count). The van der Waals surface area contributed by atoms with Crippen molar-refractivity contribution in [2.75, 3.05) is 18.0 Å². The van der Waals surface area contributed by atoms with Gasteiger partial charge >= 0.3 is 0 Å². The van der Waals surface area contributed by atoms with Gasteiger partial charge in [-0.25, -0.2) is 5.48 Å². The van der Waals surface area contributed by atoms with Gasteiger partial charge < -0.3 is 15.0 Å². The van der Waals surface area contributed by atoms with E-state index in [2.05, 4.69) is 28.4 Å². The van der Waals surface area contributed by atoms with Crippen molar-refractivity contribution in [3.8, 4) is 5.75 Å². The first kappa shape index (κ1) is 21.9. The number of nitrogens with one attached hydrogen (secondary N) is 2. The molecule has 0 atom stereocenters. The summed E-state index contributed by atoms with van der Waals surface area (Å²) in [5, 5.41) is 12.3. The van der Waals surface area contributed by atoms with Crippen molar-refractivity contribution in [1.29, 1.82) is 0 Å². The number of benzene rings is 2. The van der Waals surface area contributed by atoms with E-state index in [9.17, 15) is 4.79 Å². The lowest BCUT2D eigenvalue weighted by Gasteiger charge is -2.35. The molecule has 0 aromatic heterocycles. The monoisotopic (exact) mass is 409 g/mol. The SMILES string of the molecule is CC(C)Oc1ccc(CNC2CCN(c3ccccc3C=CC(=O)NO)CC2)cc1. The molecular weight excluding hydrogens is 378 g/mol. The average molecular weight is 410 g/mol. The number of carbonyl (C=O) groups excluding carboxylic acids is 1. The molecule has 2 aromatic rings. The highest BCUT2D eigenvalue weighted by Crippen LogP contribution is 2.25. The lowest BCUT2D eigenvalue weighted by atomic mass is 10.0. The molecule has 0 saturated carbocycles. The van der Waals surface area contributed by atoms with Gasteiger partial charge in [-0.3, -0.25) is 10.0 Å². The van der Waals surface area contributed by atoms with Gasteiger partial charge in [-0.05, 0) is 62.1 Å². The fourth-order valence-electron chi connectivity index (χ4n) is 3.66. The number of nitrogens with zero attached hydrogens (tertiary/aromatic N) is 1. The van der Waals surface area contributed by atoms with Crippen molar-refractivity contribution in [2.24, 2.45) is 0 Å². The zero-order chi connectivity index (χ0) is 21.3. The summed E-state index contributed by atoms with van der Waals surface area (Å²) in [6, 6.07) is 16.8. The Hall–Kier alpha value is -2.83. The molecule has 0 spiro atoms. The fraction of sp³-hybridized carbons (Fsp3) is 0.375. The van der Waals surface area contributed by atoms with Crippen LogP contribution in [0.25, 0.3) is 6.08 Å².